The maximum Gasteiger partial charge on any atom is 0.192 e. The first-order valence-electron chi connectivity index (χ1n) is 8.55. The number of rotatable bonds is 7. The molecule has 0 aliphatic heterocycles. The van der Waals surface area contributed by atoms with Crippen molar-refractivity contribution in [3.8, 4) is 0 Å². The van der Waals surface area contributed by atoms with Crippen LogP contribution in [0.4, 0.5) is 0 Å². The van der Waals surface area contributed by atoms with Crippen LogP contribution in [0.3, 0.4) is 0 Å². The van der Waals surface area contributed by atoms with E-state index in [1.807, 2.05) is 0 Å². The molecule has 0 bridgehead atoms. The van der Waals surface area contributed by atoms with E-state index in [1.54, 1.807) is 7.11 Å². The molecule has 0 amide bonds. The fraction of sp³-hybridized carbons (Fsp3) is 1.00. The second-order valence-corrected chi connectivity index (χ2v) is 12.6. The summed E-state index contributed by atoms with van der Waals surface area (Å²) in [4.78, 5) is 0. The van der Waals surface area contributed by atoms with Gasteiger partial charge in [0.1, 0.15) is 0 Å². The van der Waals surface area contributed by atoms with Crippen molar-refractivity contribution < 1.29 is 13.9 Å². The summed E-state index contributed by atoms with van der Waals surface area (Å²) in [5.74, 6) is 0. The van der Waals surface area contributed by atoms with Gasteiger partial charge in [-0.25, -0.2) is 0 Å². The average molecular weight is 317 g/mol. The summed E-state index contributed by atoms with van der Waals surface area (Å²) in [6, 6.07) is 0. The minimum absolute atomic E-state index is 0.0986. The lowest BCUT2D eigenvalue weighted by Crippen LogP contribution is -2.53. The van der Waals surface area contributed by atoms with Crippen LogP contribution in [0.25, 0.3) is 0 Å². The predicted molar refractivity (Wildman–Crippen MR) is 91.4 cm³/mol. The van der Waals surface area contributed by atoms with Crippen molar-refractivity contribution in [3.05, 3.63) is 0 Å². The minimum atomic E-state index is -1.80. The van der Waals surface area contributed by atoms with Gasteiger partial charge < -0.3 is 13.9 Å². The van der Waals surface area contributed by atoms with Crippen LogP contribution in [0, 0.1) is 0 Å². The van der Waals surface area contributed by atoms with Gasteiger partial charge in [0.15, 0.2) is 8.32 Å². The van der Waals surface area contributed by atoms with Crippen LogP contribution in [-0.4, -0.2) is 40.3 Å². The molecule has 1 aliphatic carbocycles. The van der Waals surface area contributed by atoms with E-state index in [-0.39, 0.29) is 23.4 Å². The van der Waals surface area contributed by atoms with Crippen molar-refractivity contribution >= 4 is 8.32 Å². The SMILES string of the molecule is CCCCOC1CCC[C@@H](OC)C1O[Si](C)(C)C(C)(C)C. The molecule has 0 saturated heterocycles. The average Bonchev–Trinajstić information content (AvgIpc) is 2.39. The van der Waals surface area contributed by atoms with Crippen molar-refractivity contribution in [3.63, 3.8) is 0 Å². The van der Waals surface area contributed by atoms with Crippen LogP contribution >= 0.6 is 0 Å². The zero-order valence-corrected chi connectivity index (χ0v) is 16.2. The number of hydrogen-bond acceptors (Lipinski definition) is 3. The Bertz CT molecular complexity index is 299. The van der Waals surface area contributed by atoms with Crippen LogP contribution in [0.5, 0.6) is 0 Å². The largest absolute Gasteiger partial charge is 0.409 e. The fourth-order valence-corrected chi connectivity index (χ4v) is 3.90. The Kier molecular flexibility index (Phi) is 7.38. The molecule has 3 nitrogen and oxygen atoms in total. The van der Waals surface area contributed by atoms with E-state index in [1.165, 1.54) is 12.8 Å². The van der Waals surface area contributed by atoms with Crippen LogP contribution in [0.2, 0.25) is 18.1 Å². The van der Waals surface area contributed by atoms with Crippen molar-refractivity contribution in [1.29, 1.82) is 0 Å². The summed E-state index contributed by atoms with van der Waals surface area (Å²) in [5, 5.41) is 0.219. The Morgan fingerprint density at radius 3 is 2.24 bits per heavy atom. The lowest BCUT2D eigenvalue weighted by molar-refractivity contribution is -0.117. The summed E-state index contributed by atoms with van der Waals surface area (Å²) >= 11 is 0. The van der Waals surface area contributed by atoms with Gasteiger partial charge in [-0.05, 0) is 43.8 Å². The predicted octanol–water partition coefficient (Wildman–Crippen LogP) is 4.76. The van der Waals surface area contributed by atoms with Crippen molar-refractivity contribution in [2.24, 2.45) is 0 Å². The van der Waals surface area contributed by atoms with E-state index < -0.39 is 8.32 Å². The summed E-state index contributed by atoms with van der Waals surface area (Å²) in [7, 11) is 0.00694. The van der Waals surface area contributed by atoms with Gasteiger partial charge >= 0.3 is 0 Å². The highest BCUT2D eigenvalue weighted by Crippen LogP contribution is 2.40. The monoisotopic (exact) mass is 316 g/mol. The fourth-order valence-electron chi connectivity index (χ4n) is 2.57. The van der Waals surface area contributed by atoms with Crippen molar-refractivity contribution in [2.75, 3.05) is 13.7 Å². The molecule has 0 radical (unpaired) electrons. The molecule has 3 atom stereocenters. The van der Waals surface area contributed by atoms with Crippen LogP contribution in [0.15, 0.2) is 0 Å². The summed E-state index contributed by atoms with van der Waals surface area (Å²) in [5.41, 5.74) is 0. The third kappa shape index (κ3) is 5.34. The summed E-state index contributed by atoms with van der Waals surface area (Å²) < 4.78 is 18.5. The van der Waals surface area contributed by atoms with Crippen LogP contribution in [0.1, 0.15) is 59.8 Å². The molecule has 1 fully saturated rings. The van der Waals surface area contributed by atoms with E-state index in [2.05, 4.69) is 40.8 Å². The maximum absolute atomic E-state index is 6.68. The summed E-state index contributed by atoms with van der Waals surface area (Å²) in [6.45, 7) is 14.5. The van der Waals surface area contributed by atoms with Gasteiger partial charge in [-0.1, -0.05) is 34.1 Å². The molecule has 0 aromatic rings. The first-order chi connectivity index (χ1) is 9.73. The zero-order valence-electron chi connectivity index (χ0n) is 15.2. The Hall–Kier alpha value is 0.0969. The maximum atomic E-state index is 6.68. The standard InChI is InChI=1S/C17H36O3Si/c1-8-9-13-19-15-12-10-11-14(18-5)16(15)20-21(6,7)17(2,3)4/h14-16H,8-13H2,1-7H3/t14-,15?,16?/m1/s1. The quantitative estimate of drug-likeness (QED) is 0.500. The van der Waals surface area contributed by atoms with E-state index in [9.17, 15) is 0 Å². The highest BCUT2D eigenvalue weighted by Gasteiger charge is 2.44. The third-order valence-electron chi connectivity index (χ3n) is 5.08. The third-order valence-corrected chi connectivity index (χ3v) is 9.55. The van der Waals surface area contributed by atoms with Gasteiger partial charge in [-0.2, -0.15) is 0 Å². The molecule has 126 valence electrons. The molecule has 1 saturated carbocycles. The zero-order chi connectivity index (χ0) is 16.1. The first-order valence-corrected chi connectivity index (χ1v) is 11.5. The molecule has 21 heavy (non-hydrogen) atoms. The van der Waals surface area contributed by atoms with Crippen LogP contribution in [-0.2, 0) is 13.9 Å². The normalized spacial score (nSPS) is 27.9. The Morgan fingerprint density at radius 2 is 1.71 bits per heavy atom. The molecule has 2 unspecified atom stereocenters. The second-order valence-electron chi connectivity index (χ2n) is 7.81. The molecular formula is C17H36O3Si. The second kappa shape index (κ2) is 8.09. The molecule has 1 rings (SSSR count). The van der Waals surface area contributed by atoms with Gasteiger partial charge in [-0.15, -0.1) is 0 Å². The van der Waals surface area contributed by atoms with E-state index >= 15 is 0 Å². The van der Waals surface area contributed by atoms with Gasteiger partial charge in [-0.3, -0.25) is 0 Å². The first kappa shape index (κ1) is 19.1. The highest BCUT2D eigenvalue weighted by molar-refractivity contribution is 6.74. The number of unbranched alkanes of at least 4 members (excludes halogenated alkanes) is 1. The smallest absolute Gasteiger partial charge is 0.192 e. The minimum Gasteiger partial charge on any atom is -0.409 e. The molecule has 0 N–H and O–H groups in total. The topological polar surface area (TPSA) is 27.7 Å². The lowest BCUT2D eigenvalue weighted by Gasteiger charge is -2.45. The van der Waals surface area contributed by atoms with Gasteiger partial charge in [0.2, 0.25) is 0 Å². The Morgan fingerprint density at radius 1 is 1.10 bits per heavy atom. The molecule has 0 heterocycles. The lowest BCUT2D eigenvalue weighted by atomic mass is 9.92. The number of methoxy groups -OCH3 is 1. The van der Waals surface area contributed by atoms with E-state index in [4.69, 9.17) is 13.9 Å². The molecular weight excluding hydrogens is 280 g/mol. The van der Waals surface area contributed by atoms with Crippen molar-refractivity contribution in [1.82, 2.24) is 0 Å². The van der Waals surface area contributed by atoms with Gasteiger partial charge in [0.25, 0.3) is 0 Å². The van der Waals surface area contributed by atoms with Gasteiger partial charge in [0, 0.05) is 13.7 Å². The summed E-state index contributed by atoms with van der Waals surface area (Å²) in [6.07, 6.45) is 6.14. The molecule has 1 aliphatic rings. The number of hydrogen-bond donors (Lipinski definition) is 0. The molecule has 0 aromatic carbocycles. The van der Waals surface area contributed by atoms with Gasteiger partial charge in [0.05, 0.1) is 18.3 Å². The van der Waals surface area contributed by atoms with Crippen LogP contribution < -0.4 is 0 Å². The Labute approximate surface area is 132 Å². The molecule has 0 aromatic heterocycles. The molecule has 4 heteroatoms. The van der Waals surface area contributed by atoms with Crippen molar-refractivity contribution in [2.45, 2.75) is 96.2 Å². The van der Waals surface area contributed by atoms with E-state index in [0.717, 1.165) is 25.9 Å². The highest BCUT2D eigenvalue weighted by atomic mass is 28.4. The Balaban J connectivity index is 2.77. The van der Waals surface area contributed by atoms with E-state index in [0.29, 0.717) is 0 Å². The number of ether oxygens (including phenoxy) is 2. The molecule has 0 spiro atoms.